The number of carboxylic acid groups (broad SMARTS) is 1. The molecule has 31 heavy (non-hydrogen) atoms. The zero-order valence-electron chi connectivity index (χ0n) is 16.5. The van der Waals surface area contributed by atoms with E-state index in [0.717, 1.165) is 0 Å². The summed E-state index contributed by atoms with van der Waals surface area (Å²) in [5.74, 6) is -2.07. The Hall–Kier alpha value is -2.84. The summed E-state index contributed by atoms with van der Waals surface area (Å²) in [5, 5.41) is 40.0. The second-order valence-electron chi connectivity index (χ2n) is 7.08. The first-order chi connectivity index (χ1) is 14.4. The van der Waals surface area contributed by atoms with Gasteiger partial charge in [0.2, 0.25) is 5.95 Å². The lowest BCUT2D eigenvalue weighted by atomic mass is 9.98. The van der Waals surface area contributed by atoms with Crippen LogP contribution in [0.3, 0.4) is 0 Å². The molecule has 1 aliphatic heterocycles. The van der Waals surface area contributed by atoms with Gasteiger partial charge in [0.25, 0.3) is 10.0 Å². The maximum atomic E-state index is 13.5. The number of aromatic nitrogens is 2. The third-order valence-corrected chi connectivity index (χ3v) is 6.42. The molecule has 6 N–H and O–H groups in total. The van der Waals surface area contributed by atoms with E-state index in [1.807, 2.05) is 0 Å². The number of carbonyl (C=O) groups is 1. The number of aliphatic carboxylic acids is 1. The molecule has 0 saturated carbocycles. The van der Waals surface area contributed by atoms with E-state index in [4.69, 9.17) is 10.5 Å². The predicted octanol–water partition coefficient (Wildman–Crippen LogP) is -1.24. The van der Waals surface area contributed by atoms with Crippen molar-refractivity contribution >= 4 is 27.6 Å². The highest BCUT2D eigenvalue weighted by Crippen LogP contribution is 2.31. The molecule has 1 fully saturated rings. The van der Waals surface area contributed by atoms with E-state index in [2.05, 4.69) is 9.97 Å². The summed E-state index contributed by atoms with van der Waals surface area (Å²) in [5.41, 5.74) is 6.70. The molecular weight excluding hydrogens is 432 g/mol. The fourth-order valence-corrected chi connectivity index (χ4v) is 4.63. The molecule has 0 aliphatic carbocycles. The molecule has 1 unspecified atom stereocenters. The van der Waals surface area contributed by atoms with E-state index in [1.165, 1.54) is 24.3 Å². The molecule has 1 aromatic carbocycles. The molecule has 0 radical (unpaired) electrons. The Bertz CT molecular complexity index is 1060. The molecule has 13 heteroatoms. The minimum atomic E-state index is -4.54. The number of hydrogen-bond acceptors (Lipinski definition) is 10. The van der Waals surface area contributed by atoms with Crippen LogP contribution in [0.1, 0.15) is 11.4 Å². The SMILES string of the molecule is Cc1cc(C)nc(N([C@@H]2O[C@H](C(=O)O)[C@@H](O)[C@H](O)C2O)S(=O)(=O)c2ccc(N)cc2)n1. The van der Waals surface area contributed by atoms with Crippen LogP contribution >= 0.6 is 0 Å². The molecule has 168 valence electrons. The molecule has 0 spiro atoms. The largest absolute Gasteiger partial charge is 0.479 e. The summed E-state index contributed by atoms with van der Waals surface area (Å²) in [4.78, 5) is 19.4. The van der Waals surface area contributed by atoms with Crippen LogP contribution in [0.15, 0.2) is 35.2 Å². The molecule has 2 aromatic rings. The minimum absolute atomic E-state index is 0.271. The van der Waals surface area contributed by atoms with Crippen LogP contribution in [0.25, 0.3) is 0 Å². The van der Waals surface area contributed by atoms with Crippen LogP contribution in [0.2, 0.25) is 0 Å². The number of hydrogen-bond donors (Lipinski definition) is 5. The van der Waals surface area contributed by atoms with Gasteiger partial charge >= 0.3 is 5.97 Å². The molecule has 0 bridgehead atoms. The minimum Gasteiger partial charge on any atom is -0.479 e. The van der Waals surface area contributed by atoms with Crippen LogP contribution in [0.4, 0.5) is 11.6 Å². The van der Waals surface area contributed by atoms with E-state index < -0.39 is 52.6 Å². The van der Waals surface area contributed by atoms with E-state index in [-0.39, 0.29) is 4.90 Å². The summed E-state index contributed by atoms with van der Waals surface area (Å²) in [6.45, 7) is 3.17. The van der Waals surface area contributed by atoms with E-state index in [0.29, 0.717) is 21.4 Å². The maximum Gasteiger partial charge on any atom is 0.335 e. The van der Waals surface area contributed by atoms with Gasteiger partial charge in [0, 0.05) is 17.1 Å². The van der Waals surface area contributed by atoms with Crippen molar-refractivity contribution in [1.82, 2.24) is 9.97 Å². The van der Waals surface area contributed by atoms with Gasteiger partial charge < -0.3 is 30.9 Å². The number of aryl methyl sites for hydroxylation is 2. The molecule has 0 amide bonds. The van der Waals surface area contributed by atoms with Gasteiger partial charge in [-0.25, -0.2) is 27.5 Å². The van der Waals surface area contributed by atoms with Gasteiger partial charge in [0.05, 0.1) is 4.90 Å². The topological polar surface area (TPSA) is 196 Å². The van der Waals surface area contributed by atoms with Crippen molar-refractivity contribution < 1.29 is 38.4 Å². The van der Waals surface area contributed by atoms with Crippen molar-refractivity contribution in [3.05, 3.63) is 41.7 Å². The average Bonchev–Trinajstić information content (AvgIpc) is 2.67. The number of nitrogens with zero attached hydrogens (tertiary/aromatic N) is 3. The number of sulfonamides is 1. The Labute approximate surface area is 177 Å². The third kappa shape index (κ3) is 4.31. The van der Waals surface area contributed by atoms with E-state index in [1.54, 1.807) is 19.9 Å². The number of anilines is 2. The fourth-order valence-electron chi connectivity index (χ4n) is 3.18. The molecule has 5 atom stereocenters. The van der Waals surface area contributed by atoms with Crippen LogP contribution in [-0.2, 0) is 19.6 Å². The first-order valence-electron chi connectivity index (χ1n) is 9.08. The molecule has 1 aliphatic rings. The molecule has 1 saturated heterocycles. The number of rotatable bonds is 5. The fraction of sp³-hybridized carbons (Fsp3) is 0.389. The summed E-state index contributed by atoms with van der Waals surface area (Å²) >= 11 is 0. The van der Waals surface area contributed by atoms with E-state index in [9.17, 15) is 33.6 Å². The van der Waals surface area contributed by atoms with Gasteiger partial charge in [-0.15, -0.1) is 0 Å². The highest BCUT2D eigenvalue weighted by molar-refractivity contribution is 7.92. The maximum absolute atomic E-state index is 13.5. The highest BCUT2D eigenvalue weighted by atomic mass is 32.2. The number of benzene rings is 1. The summed E-state index contributed by atoms with van der Waals surface area (Å²) in [7, 11) is -4.54. The zero-order chi connectivity index (χ0) is 23.1. The van der Waals surface area contributed by atoms with Crippen LogP contribution < -0.4 is 10.0 Å². The first-order valence-corrected chi connectivity index (χ1v) is 10.5. The van der Waals surface area contributed by atoms with Gasteiger partial charge in [0.15, 0.2) is 12.3 Å². The van der Waals surface area contributed by atoms with Gasteiger partial charge in [-0.3, -0.25) is 0 Å². The zero-order valence-corrected chi connectivity index (χ0v) is 17.3. The Morgan fingerprint density at radius 2 is 1.58 bits per heavy atom. The summed E-state index contributed by atoms with van der Waals surface area (Å²) in [6, 6.07) is 6.66. The molecule has 1 aromatic heterocycles. The Kier molecular flexibility index (Phi) is 6.16. The summed E-state index contributed by atoms with van der Waals surface area (Å²) in [6.07, 6.45) is -10.00. The van der Waals surface area contributed by atoms with Crippen LogP contribution in [0.5, 0.6) is 0 Å². The van der Waals surface area contributed by atoms with Crippen molar-refractivity contribution in [2.45, 2.75) is 49.4 Å². The lowest BCUT2D eigenvalue weighted by Gasteiger charge is -2.42. The number of nitrogens with two attached hydrogens (primary N) is 1. The normalized spacial score (nSPS) is 26.4. The van der Waals surface area contributed by atoms with Crippen LogP contribution in [0, 0.1) is 13.8 Å². The third-order valence-electron chi connectivity index (χ3n) is 4.67. The molecule has 3 rings (SSSR count). The second kappa shape index (κ2) is 8.36. The Morgan fingerprint density at radius 3 is 2.10 bits per heavy atom. The molecule has 2 heterocycles. The van der Waals surface area contributed by atoms with Gasteiger partial charge in [-0.1, -0.05) is 0 Å². The van der Waals surface area contributed by atoms with Crippen molar-refractivity contribution in [2.75, 3.05) is 10.0 Å². The quantitative estimate of drug-likeness (QED) is 0.339. The smallest absolute Gasteiger partial charge is 0.335 e. The lowest BCUT2D eigenvalue weighted by molar-refractivity contribution is -0.224. The predicted molar refractivity (Wildman–Crippen MR) is 106 cm³/mol. The van der Waals surface area contributed by atoms with Crippen molar-refractivity contribution in [3.8, 4) is 0 Å². The monoisotopic (exact) mass is 454 g/mol. The summed E-state index contributed by atoms with van der Waals surface area (Å²) < 4.78 is 32.7. The number of nitrogen functional groups attached to an aromatic ring is 1. The van der Waals surface area contributed by atoms with E-state index >= 15 is 0 Å². The number of aliphatic hydroxyl groups excluding tert-OH is 3. The lowest BCUT2D eigenvalue weighted by Crippen LogP contribution is -2.65. The molecular formula is C18H22N4O8S. The number of aliphatic hydroxyl groups is 3. The van der Waals surface area contributed by atoms with Gasteiger partial charge in [0.1, 0.15) is 18.3 Å². The number of carboxylic acids is 1. The first kappa shape index (κ1) is 22.8. The Balaban J connectivity index is 2.20. The van der Waals surface area contributed by atoms with Gasteiger partial charge in [-0.2, -0.15) is 0 Å². The standard InChI is InChI=1S/C18H22N4O8S/c1-8-7-9(2)21-18(20-8)22(31(28,29)11-5-3-10(19)4-6-11)16-14(25)12(23)13(24)15(30-16)17(26)27/h3-7,12-16,23-25H,19H2,1-2H3,(H,26,27)/t12-,13-,14?,15-,16+/m0/s1. The van der Waals surface area contributed by atoms with Crippen molar-refractivity contribution in [2.24, 2.45) is 0 Å². The second-order valence-corrected chi connectivity index (χ2v) is 8.89. The van der Waals surface area contributed by atoms with Crippen LogP contribution in [-0.4, -0.2) is 75.4 Å². The average molecular weight is 454 g/mol. The molecule has 12 nitrogen and oxygen atoms in total. The highest BCUT2D eigenvalue weighted by Gasteiger charge is 2.52. The van der Waals surface area contributed by atoms with Crippen molar-refractivity contribution in [3.63, 3.8) is 0 Å². The number of ether oxygens (including phenoxy) is 1. The Morgan fingerprint density at radius 1 is 1.03 bits per heavy atom. The van der Waals surface area contributed by atoms with Crippen molar-refractivity contribution in [1.29, 1.82) is 0 Å². The van der Waals surface area contributed by atoms with Gasteiger partial charge in [-0.05, 0) is 44.2 Å².